The van der Waals surface area contributed by atoms with Crippen molar-refractivity contribution in [1.29, 1.82) is 0 Å². The molecule has 0 saturated carbocycles. The Morgan fingerprint density at radius 3 is 3.18 bits per heavy atom. The molecule has 0 fully saturated rings. The molecule has 2 heterocycles. The largest absolute Gasteiger partial charge is 0.362 e. The van der Waals surface area contributed by atoms with Gasteiger partial charge < -0.3 is 10.2 Å². The summed E-state index contributed by atoms with van der Waals surface area (Å²) in [6, 6.07) is 4.10. The highest BCUT2D eigenvalue weighted by Crippen LogP contribution is 2.24. The molecule has 0 aliphatic carbocycles. The van der Waals surface area contributed by atoms with Crippen molar-refractivity contribution in [3.05, 3.63) is 23.9 Å². The van der Waals surface area contributed by atoms with E-state index in [-0.39, 0.29) is 12.4 Å². The Bertz CT molecular complexity index is 384. The summed E-state index contributed by atoms with van der Waals surface area (Å²) in [5.41, 5.74) is 1.29. The molecule has 0 bridgehead atoms. The number of nitrogens with one attached hydrogen (secondary N) is 1. The van der Waals surface area contributed by atoms with Crippen LogP contribution in [-0.2, 0) is 6.42 Å². The van der Waals surface area contributed by atoms with Gasteiger partial charge in [-0.15, -0.1) is 12.4 Å². The molecule has 1 aliphatic rings. The second-order valence-electron chi connectivity index (χ2n) is 3.97. The van der Waals surface area contributed by atoms with Crippen LogP contribution in [0, 0.1) is 0 Å². The van der Waals surface area contributed by atoms with E-state index in [4.69, 9.17) is 12.2 Å². The fraction of sp³-hybridized carbons (Fsp3) is 0.500. The standard InChI is InChI=1S/C12H17N3S.ClH/c1-2-3-7-14-12(16)15-9-6-10-5-4-8-13-11(10)15;/h4-5,8H,2-3,6-7,9H2,1H3,(H,14,16);1H. The molecule has 0 saturated heterocycles. The first-order valence-electron chi connectivity index (χ1n) is 5.82. The summed E-state index contributed by atoms with van der Waals surface area (Å²) in [4.78, 5) is 6.49. The molecule has 94 valence electrons. The predicted molar refractivity (Wildman–Crippen MR) is 78.0 cm³/mol. The first-order chi connectivity index (χ1) is 7.83. The monoisotopic (exact) mass is 271 g/mol. The SMILES string of the molecule is CCCCNC(=S)N1CCc2cccnc21.Cl. The fourth-order valence-electron chi connectivity index (χ4n) is 1.87. The van der Waals surface area contributed by atoms with Crippen molar-refractivity contribution in [2.45, 2.75) is 26.2 Å². The molecule has 1 aromatic heterocycles. The normalized spacial score (nSPS) is 12.9. The zero-order chi connectivity index (χ0) is 11.4. The molecule has 0 radical (unpaired) electrons. The van der Waals surface area contributed by atoms with Crippen LogP contribution in [0.4, 0.5) is 5.82 Å². The van der Waals surface area contributed by atoms with Crippen LogP contribution in [0.25, 0.3) is 0 Å². The van der Waals surface area contributed by atoms with Crippen LogP contribution < -0.4 is 10.2 Å². The van der Waals surface area contributed by atoms with Crippen LogP contribution in [0.2, 0.25) is 0 Å². The molecule has 0 atom stereocenters. The zero-order valence-corrected chi connectivity index (χ0v) is 11.6. The molecule has 1 N–H and O–H groups in total. The maximum absolute atomic E-state index is 5.38. The minimum absolute atomic E-state index is 0. The van der Waals surface area contributed by atoms with Gasteiger partial charge in [0.25, 0.3) is 0 Å². The number of anilines is 1. The van der Waals surface area contributed by atoms with Crippen molar-refractivity contribution in [2.75, 3.05) is 18.0 Å². The summed E-state index contributed by atoms with van der Waals surface area (Å²) in [7, 11) is 0. The number of rotatable bonds is 3. The summed E-state index contributed by atoms with van der Waals surface area (Å²) >= 11 is 5.38. The summed E-state index contributed by atoms with van der Waals surface area (Å²) < 4.78 is 0. The van der Waals surface area contributed by atoms with E-state index >= 15 is 0 Å². The summed E-state index contributed by atoms with van der Waals surface area (Å²) in [5.74, 6) is 1.02. The summed E-state index contributed by atoms with van der Waals surface area (Å²) in [5, 5.41) is 4.09. The van der Waals surface area contributed by atoms with Crippen molar-refractivity contribution in [1.82, 2.24) is 10.3 Å². The summed E-state index contributed by atoms with van der Waals surface area (Å²) in [6.45, 7) is 4.08. The molecular formula is C12H18ClN3S. The first-order valence-corrected chi connectivity index (χ1v) is 6.23. The van der Waals surface area contributed by atoms with E-state index in [1.165, 1.54) is 12.0 Å². The van der Waals surface area contributed by atoms with Crippen LogP contribution >= 0.6 is 24.6 Å². The highest BCUT2D eigenvalue weighted by atomic mass is 35.5. The minimum Gasteiger partial charge on any atom is -0.362 e. The van der Waals surface area contributed by atoms with Crippen LogP contribution in [0.5, 0.6) is 0 Å². The third kappa shape index (κ3) is 3.30. The van der Waals surface area contributed by atoms with Gasteiger partial charge in [-0.3, -0.25) is 0 Å². The Kier molecular flexibility index (Phi) is 5.65. The number of unbranched alkanes of at least 4 members (excludes halogenated alkanes) is 1. The van der Waals surface area contributed by atoms with Crippen LogP contribution in [0.15, 0.2) is 18.3 Å². The molecule has 1 aliphatic heterocycles. The van der Waals surface area contributed by atoms with Crippen molar-refractivity contribution >= 4 is 35.6 Å². The minimum atomic E-state index is 0. The van der Waals surface area contributed by atoms with Crippen LogP contribution in [0.1, 0.15) is 25.3 Å². The van der Waals surface area contributed by atoms with Crippen molar-refractivity contribution < 1.29 is 0 Å². The molecule has 2 rings (SSSR count). The lowest BCUT2D eigenvalue weighted by Gasteiger charge is -2.19. The average molecular weight is 272 g/mol. The number of pyridine rings is 1. The third-order valence-corrected chi connectivity index (χ3v) is 3.14. The van der Waals surface area contributed by atoms with Gasteiger partial charge in [0.1, 0.15) is 5.82 Å². The van der Waals surface area contributed by atoms with E-state index in [0.29, 0.717) is 0 Å². The smallest absolute Gasteiger partial charge is 0.174 e. The summed E-state index contributed by atoms with van der Waals surface area (Å²) in [6.07, 6.45) is 5.21. The van der Waals surface area contributed by atoms with Gasteiger partial charge >= 0.3 is 0 Å². The van der Waals surface area contributed by atoms with Gasteiger partial charge in [-0.2, -0.15) is 0 Å². The molecule has 0 amide bonds. The molecule has 1 aromatic rings. The molecule has 3 nitrogen and oxygen atoms in total. The lowest BCUT2D eigenvalue weighted by atomic mass is 10.2. The predicted octanol–water partition coefficient (Wildman–Crippen LogP) is 2.54. The van der Waals surface area contributed by atoms with Gasteiger partial charge in [0.05, 0.1) is 0 Å². The van der Waals surface area contributed by atoms with E-state index < -0.39 is 0 Å². The van der Waals surface area contributed by atoms with Crippen molar-refractivity contribution in [3.63, 3.8) is 0 Å². The highest BCUT2D eigenvalue weighted by Gasteiger charge is 2.22. The van der Waals surface area contributed by atoms with Gasteiger partial charge in [0.15, 0.2) is 5.11 Å². The maximum Gasteiger partial charge on any atom is 0.174 e. The number of aromatic nitrogens is 1. The quantitative estimate of drug-likeness (QED) is 0.676. The van der Waals surface area contributed by atoms with E-state index in [1.54, 1.807) is 0 Å². The number of thiocarbonyl (C=S) groups is 1. The van der Waals surface area contributed by atoms with Crippen molar-refractivity contribution in [3.8, 4) is 0 Å². The Morgan fingerprint density at radius 2 is 2.41 bits per heavy atom. The lowest BCUT2D eigenvalue weighted by Crippen LogP contribution is -2.39. The average Bonchev–Trinajstić information content (AvgIpc) is 2.73. The molecule has 0 aromatic carbocycles. The zero-order valence-electron chi connectivity index (χ0n) is 9.98. The fourth-order valence-corrected chi connectivity index (χ4v) is 2.15. The molecule has 17 heavy (non-hydrogen) atoms. The Hall–Kier alpha value is -0.870. The van der Waals surface area contributed by atoms with Crippen LogP contribution in [0.3, 0.4) is 0 Å². The topological polar surface area (TPSA) is 28.2 Å². The number of fused-ring (bicyclic) bond motifs is 1. The number of nitrogens with zero attached hydrogens (tertiary/aromatic N) is 2. The Labute approximate surface area is 114 Å². The molecule has 0 spiro atoms. The lowest BCUT2D eigenvalue weighted by molar-refractivity contribution is 0.751. The second kappa shape index (κ2) is 6.77. The van der Waals surface area contributed by atoms with E-state index in [1.807, 2.05) is 12.3 Å². The van der Waals surface area contributed by atoms with Gasteiger partial charge in [0, 0.05) is 19.3 Å². The second-order valence-corrected chi connectivity index (χ2v) is 4.36. The van der Waals surface area contributed by atoms with E-state index in [9.17, 15) is 0 Å². The van der Waals surface area contributed by atoms with E-state index in [0.717, 1.165) is 36.9 Å². The number of halogens is 1. The number of hydrogen-bond donors (Lipinski definition) is 1. The molecular weight excluding hydrogens is 254 g/mol. The molecule has 0 unspecified atom stereocenters. The maximum atomic E-state index is 5.38. The highest BCUT2D eigenvalue weighted by molar-refractivity contribution is 7.80. The van der Waals surface area contributed by atoms with Gasteiger partial charge in [-0.25, -0.2) is 4.98 Å². The van der Waals surface area contributed by atoms with E-state index in [2.05, 4.69) is 28.2 Å². The first kappa shape index (κ1) is 14.2. The van der Waals surface area contributed by atoms with Gasteiger partial charge in [-0.1, -0.05) is 19.4 Å². The Morgan fingerprint density at radius 1 is 1.59 bits per heavy atom. The van der Waals surface area contributed by atoms with Gasteiger partial charge in [-0.05, 0) is 36.7 Å². The third-order valence-electron chi connectivity index (χ3n) is 2.78. The van der Waals surface area contributed by atoms with Gasteiger partial charge in [0.2, 0.25) is 0 Å². The van der Waals surface area contributed by atoms with Crippen LogP contribution in [-0.4, -0.2) is 23.2 Å². The molecule has 5 heteroatoms. The Balaban J connectivity index is 0.00000144. The number of hydrogen-bond acceptors (Lipinski definition) is 2. The van der Waals surface area contributed by atoms with Crippen molar-refractivity contribution in [2.24, 2.45) is 0 Å².